The number of hydrogen-bond donors (Lipinski definition) is 4. The highest BCUT2D eigenvalue weighted by molar-refractivity contribution is 5.87. The van der Waals surface area contributed by atoms with Crippen LogP contribution in [0.15, 0.2) is 24.3 Å². The minimum Gasteiger partial charge on any atom is -0.508 e. The van der Waals surface area contributed by atoms with Gasteiger partial charge in [-0.15, -0.1) is 0 Å². The number of carboxylic acids is 1. The van der Waals surface area contributed by atoms with Gasteiger partial charge in [-0.1, -0.05) is 32.9 Å². The van der Waals surface area contributed by atoms with Crippen LogP contribution in [-0.4, -0.2) is 34.2 Å². The lowest BCUT2D eigenvalue weighted by Crippen LogP contribution is -2.54. The van der Waals surface area contributed by atoms with E-state index in [9.17, 15) is 19.8 Å². The maximum Gasteiger partial charge on any atom is 0.326 e. The van der Waals surface area contributed by atoms with Crippen molar-refractivity contribution in [2.45, 2.75) is 39.3 Å². The first-order valence-corrected chi connectivity index (χ1v) is 6.68. The summed E-state index contributed by atoms with van der Waals surface area (Å²) in [6.45, 7) is 5.20. The van der Waals surface area contributed by atoms with Crippen LogP contribution in [0, 0.1) is 5.41 Å². The van der Waals surface area contributed by atoms with E-state index in [0.29, 0.717) is 0 Å². The second-order valence-electron chi connectivity index (χ2n) is 6.12. The Balaban J connectivity index is 2.69. The Morgan fingerprint density at radius 2 is 1.76 bits per heavy atom. The molecule has 1 rings (SSSR count). The monoisotopic (exact) mass is 294 g/mol. The maximum atomic E-state index is 12.0. The SMILES string of the molecule is CC(C)(C)[C@@H](NC(=O)[C@@H](N)Cc1ccc(O)cc1)C(=O)O. The molecule has 0 saturated carbocycles. The van der Waals surface area contributed by atoms with Crippen molar-refractivity contribution in [2.24, 2.45) is 11.1 Å². The molecule has 116 valence electrons. The largest absolute Gasteiger partial charge is 0.508 e. The summed E-state index contributed by atoms with van der Waals surface area (Å²) in [4.78, 5) is 23.2. The van der Waals surface area contributed by atoms with E-state index in [1.165, 1.54) is 12.1 Å². The number of nitrogens with one attached hydrogen (secondary N) is 1. The molecular weight excluding hydrogens is 272 g/mol. The molecule has 0 aliphatic carbocycles. The van der Waals surface area contributed by atoms with Crippen molar-refractivity contribution in [3.8, 4) is 5.75 Å². The summed E-state index contributed by atoms with van der Waals surface area (Å²) in [6.07, 6.45) is 0.266. The predicted octanol–water partition coefficient (Wildman–Crippen LogP) is 0.877. The number of nitrogens with two attached hydrogens (primary N) is 1. The van der Waals surface area contributed by atoms with Gasteiger partial charge < -0.3 is 21.3 Å². The topological polar surface area (TPSA) is 113 Å². The van der Waals surface area contributed by atoms with Gasteiger partial charge in [0.15, 0.2) is 0 Å². The molecule has 0 spiro atoms. The van der Waals surface area contributed by atoms with E-state index in [1.54, 1.807) is 32.9 Å². The summed E-state index contributed by atoms with van der Waals surface area (Å²) in [5.74, 6) is -1.46. The van der Waals surface area contributed by atoms with Gasteiger partial charge >= 0.3 is 5.97 Å². The lowest BCUT2D eigenvalue weighted by atomic mass is 9.86. The second-order valence-corrected chi connectivity index (χ2v) is 6.12. The average Bonchev–Trinajstić information content (AvgIpc) is 2.36. The number of rotatable bonds is 5. The van der Waals surface area contributed by atoms with E-state index in [2.05, 4.69) is 5.32 Å². The van der Waals surface area contributed by atoms with E-state index in [4.69, 9.17) is 5.73 Å². The predicted molar refractivity (Wildman–Crippen MR) is 78.8 cm³/mol. The Bertz CT molecular complexity index is 505. The fraction of sp³-hybridized carbons (Fsp3) is 0.467. The molecule has 1 amide bonds. The van der Waals surface area contributed by atoms with Gasteiger partial charge in [-0.3, -0.25) is 4.79 Å². The number of carbonyl (C=O) groups excluding carboxylic acids is 1. The van der Waals surface area contributed by atoms with Crippen molar-refractivity contribution >= 4 is 11.9 Å². The number of hydrogen-bond acceptors (Lipinski definition) is 4. The van der Waals surface area contributed by atoms with E-state index in [1.807, 2.05) is 0 Å². The van der Waals surface area contributed by atoms with Gasteiger partial charge in [-0.05, 0) is 29.5 Å². The highest BCUT2D eigenvalue weighted by atomic mass is 16.4. The van der Waals surface area contributed by atoms with Crippen LogP contribution in [0.2, 0.25) is 0 Å². The molecule has 0 bridgehead atoms. The van der Waals surface area contributed by atoms with Crippen molar-refractivity contribution in [3.63, 3.8) is 0 Å². The summed E-state index contributed by atoms with van der Waals surface area (Å²) in [5, 5.41) is 20.8. The van der Waals surface area contributed by atoms with Gasteiger partial charge in [0, 0.05) is 0 Å². The number of phenols is 1. The first kappa shape index (κ1) is 17.0. The van der Waals surface area contributed by atoms with Crippen LogP contribution < -0.4 is 11.1 Å². The maximum absolute atomic E-state index is 12.0. The van der Waals surface area contributed by atoms with Crippen molar-refractivity contribution in [3.05, 3.63) is 29.8 Å². The summed E-state index contributed by atoms with van der Waals surface area (Å²) >= 11 is 0. The van der Waals surface area contributed by atoms with E-state index >= 15 is 0 Å². The van der Waals surface area contributed by atoms with E-state index in [-0.39, 0.29) is 12.2 Å². The first-order valence-electron chi connectivity index (χ1n) is 6.68. The van der Waals surface area contributed by atoms with Gasteiger partial charge in [0.2, 0.25) is 5.91 Å². The van der Waals surface area contributed by atoms with Crippen molar-refractivity contribution in [1.29, 1.82) is 0 Å². The van der Waals surface area contributed by atoms with Gasteiger partial charge in [0.1, 0.15) is 11.8 Å². The van der Waals surface area contributed by atoms with Crippen LogP contribution in [0.25, 0.3) is 0 Å². The fourth-order valence-corrected chi connectivity index (χ4v) is 1.88. The zero-order valence-electron chi connectivity index (χ0n) is 12.5. The fourth-order valence-electron chi connectivity index (χ4n) is 1.88. The van der Waals surface area contributed by atoms with Crippen molar-refractivity contribution < 1.29 is 19.8 Å². The summed E-state index contributed by atoms with van der Waals surface area (Å²) < 4.78 is 0. The Morgan fingerprint density at radius 3 is 2.19 bits per heavy atom. The molecule has 21 heavy (non-hydrogen) atoms. The molecule has 5 N–H and O–H groups in total. The molecule has 0 aromatic heterocycles. The Kier molecular flexibility index (Phi) is 5.32. The zero-order chi connectivity index (χ0) is 16.2. The molecule has 1 aromatic carbocycles. The average molecular weight is 294 g/mol. The third-order valence-corrected chi connectivity index (χ3v) is 3.13. The van der Waals surface area contributed by atoms with Gasteiger partial charge in [0.25, 0.3) is 0 Å². The number of carbonyl (C=O) groups is 2. The molecule has 0 saturated heterocycles. The first-order chi connectivity index (χ1) is 9.61. The minimum absolute atomic E-state index is 0.135. The summed E-state index contributed by atoms with van der Waals surface area (Å²) in [7, 11) is 0. The van der Waals surface area contributed by atoms with Crippen LogP contribution in [0.3, 0.4) is 0 Å². The number of carboxylic acid groups (broad SMARTS) is 1. The Morgan fingerprint density at radius 1 is 1.24 bits per heavy atom. The molecule has 6 heteroatoms. The molecule has 0 radical (unpaired) electrons. The van der Waals surface area contributed by atoms with Gasteiger partial charge in [0.05, 0.1) is 6.04 Å². The lowest BCUT2D eigenvalue weighted by Gasteiger charge is -2.28. The van der Waals surface area contributed by atoms with Gasteiger partial charge in [-0.25, -0.2) is 4.79 Å². The molecular formula is C15H22N2O4. The van der Waals surface area contributed by atoms with Crippen molar-refractivity contribution in [1.82, 2.24) is 5.32 Å². The van der Waals surface area contributed by atoms with E-state index < -0.39 is 29.4 Å². The second kappa shape index (κ2) is 6.58. The van der Waals surface area contributed by atoms with Crippen LogP contribution >= 0.6 is 0 Å². The number of phenolic OH excluding ortho intramolecular Hbond substituents is 1. The van der Waals surface area contributed by atoms with Crippen LogP contribution in [0.4, 0.5) is 0 Å². The normalized spacial score (nSPS) is 14.3. The quantitative estimate of drug-likeness (QED) is 0.644. The number of amides is 1. The highest BCUT2D eigenvalue weighted by Crippen LogP contribution is 2.19. The van der Waals surface area contributed by atoms with Crippen LogP contribution in [-0.2, 0) is 16.0 Å². The molecule has 0 fully saturated rings. The summed E-state index contributed by atoms with van der Waals surface area (Å²) in [5.41, 5.74) is 5.99. The third-order valence-electron chi connectivity index (χ3n) is 3.13. The van der Waals surface area contributed by atoms with Crippen LogP contribution in [0.5, 0.6) is 5.75 Å². The van der Waals surface area contributed by atoms with E-state index in [0.717, 1.165) is 5.56 Å². The van der Waals surface area contributed by atoms with Gasteiger partial charge in [-0.2, -0.15) is 0 Å². The lowest BCUT2D eigenvalue weighted by molar-refractivity contribution is -0.145. The molecule has 0 aliphatic rings. The van der Waals surface area contributed by atoms with Crippen LogP contribution in [0.1, 0.15) is 26.3 Å². The highest BCUT2D eigenvalue weighted by Gasteiger charge is 2.33. The minimum atomic E-state index is -1.09. The molecule has 1 aromatic rings. The number of aromatic hydroxyl groups is 1. The summed E-state index contributed by atoms with van der Waals surface area (Å²) in [6, 6.07) is 4.50. The molecule has 6 nitrogen and oxygen atoms in total. The van der Waals surface area contributed by atoms with Crippen molar-refractivity contribution in [2.75, 3.05) is 0 Å². The smallest absolute Gasteiger partial charge is 0.326 e. The standard InChI is InChI=1S/C15H22N2O4/c1-15(2,3)12(14(20)21)17-13(19)11(16)8-9-4-6-10(18)7-5-9/h4-7,11-12,18H,8,16H2,1-3H3,(H,17,19)(H,20,21)/t11-,12-/m0/s1. The Hall–Kier alpha value is -2.08. The molecule has 0 unspecified atom stereocenters. The number of benzene rings is 1. The Labute approximate surface area is 124 Å². The number of aliphatic carboxylic acids is 1. The molecule has 2 atom stereocenters. The zero-order valence-corrected chi connectivity index (χ0v) is 12.5. The third kappa shape index (κ3) is 5.07. The molecule has 0 aliphatic heterocycles. The molecule has 0 heterocycles.